The number of benzene rings is 2. The lowest BCUT2D eigenvalue weighted by Gasteiger charge is -2.24. The van der Waals surface area contributed by atoms with Gasteiger partial charge in [0, 0.05) is 36.6 Å². The van der Waals surface area contributed by atoms with Crippen LogP contribution < -0.4 is 16.1 Å². The predicted molar refractivity (Wildman–Crippen MR) is 167 cm³/mol. The number of hydrogen-bond acceptors (Lipinski definition) is 6. The van der Waals surface area contributed by atoms with Crippen LogP contribution >= 0.6 is 0 Å². The van der Waals surface area contributed by atoms with Crippen molar-refractivity contribution in [2.24, 2.45) is 11.8 Å². The molecule has 224 valence electrons. The first-order chi connectivity index (χ1) is 19.6. The first kappa shape index (κ1) is 31.9. The van der Waals surface area contributed by atoms with E-state index in [-0.39, 0.29) is 5.91 Å². The van der Waals surface area contributed by atoms with Crippen LogP contribution in [0, 0.1) is 11.8 Å². The van der Waals surface area contributed by atoms with E-state index in [1.54, 1.807) is 12.1 Å². The van der Waals surface area contributed by atoms with Crippen LogP contribution in [0.15, 0.2) is 42.5 Å². The molecule has 3 rings (SSSR count). The zero-order valence-electron chi connectivity index (χ0n) is 25.7. The molecule has 0 atom stereocenters. The Morgan fingerprint density at radius 3 is 2.15 bits per heavy atom. The summed E-state index contributed by atoms with van der Waals surface area (Å²) in [5, 5.41) is 6.13. The minimum atomic E-state index is -0.451. The number of anilines is 3. The van der Waals surface area contributed by atoms with Crippen LogP contribution in [0.3, 0.4) is 0 Å². The molecule has 0 bridgehead atoms. The highest BCUT2D eigenvalue weighted by molar-refractivity contribution is 5.98. The van der Waals surface area contributed by atoms with E-state index in [2.05, 4.69) is 72.2 Å². The number of hydrogen-bond donors (Lipinski definition) is 3. The lowest BCUT2D eigenvalue weighted by atomic mass is 10.1. The minimum absolute atomic E-state index is 0.0735. The van der Waals surface area contributed by atoms with Gasteiger partial charge in [-0.2, -0.15) is 0 Å². The maximum absolute atomic E-state index is 13.7. The van der Waals surface area contributed by atoms with Gasteiger partial charge in [-0.15, -0.1) is 0 Å². The summed E-state index contributed by atoms with van der Waals surface area (Å²) >= 11 is 0. The molecule has 0 aliphatic carbocycles. The van der Waals surface area contributed by atoms with Gasteiger partial charge < -0.3 is 25.0 Å². The van der Waals surface area contributed by atoms with Gasteiger partial charge in [0.15, 0.2) is 0 Å². The summed E-state index contributed by atoms with van der Waals surface area (Å²) < 4.78 is 2.15. The van der Waals surface area contributed by atoms with Gasteiger partial charge in [0.2, 0.25) is 5.95 Å². The van der Waals surface area contributed by atoms with E-state index in [4.69, 9.17) is 4.98 Å². The number of aryl methyl sites for hydroxylation is 1. The lowest BCUT2D eigenvalue weighted by Crippen LogP contribution is -2.34. The maximum Gasteiger partial charge on any atom is 0.343 e. The average Bonchev–Trinajstić information content (AvgIpc) is 3.25. The number of fused-ring (bicyclic) bond motifs is 1. The second-order valence-corrected chi connectivity index (χ2v) is 11.6. The fourth-order valence-electron chi connectivity index (χ4n) is 4.46. The fourth-order valence-corrected chi connectivity index (χ4v) is 4.46. The average molecular weight is 566 g/mol. The number of aromatic nitrogens is 2. The second-order valence-electron chi connectivity index (χ2n) is 11.6. The number of carbonyl (C=O) groups excluding carboxylic acids is 2. The molecule has 0 fully saturated rings. The van der Waals surface area contributed by atoms with Crippen molar-refractivity contribution in [2.45, 2.75) is 53.5 Å². The Bertz CT molecular complexity index is 1260. The highest BCUT2D eigenvalue weighted by atomic mass is 16.6. The van der Waals surface area contributed by atoms with Crippen molar-refractivity contribution in [2.75, 3.05) is 51.5 Å². The van der Waals surface area contributed by atoms with Crippen molar-refractivity contribution in [1.29, 1.82) is 0 Å². The van der Waals surface area contributed by atoms with E-state index in [1.165, 1.54) is 7.11 Å². The van der Waals surface area contributed by atoms with E-state index < -0.39 is 6.03 Å². The summed E-state index contributed by atoms with van der Waals surface area (Å²) in [7, 11) is 5.51. The molecular weight excluding hydrogens is 518 g/mol. The first-order valence-corrected chi connectivity index (χ1v) is 14.5. The Kier molecular flexibility index (Phi) is 12.0. The molecule has 0 saturated heterocycles. The van der Waals surface area contributed by atoms with Crippen LogP contribution in [0.25, 0.3) is 11.0 Å². The van der Waals surface area contributed by atoms with E-state index in [0.717, 1.165) is 62.2 Å². The number of rotatable bonds is 15. The van der Waals surface area contributed by atoms with Crippen LogP contribution in [-0.2, 0) is 11.4 Å². The van der Waals surface area contributed by atoms with Crippen LogP contribution in [0.2, 0.25) is 0 Å². The Hall–Kier alpha value is -3.63. The Labute approximate surface area is 244 Å². The van der Waals surface area contributed by atoms with Crippen molar-refractivity contribution in [1.82, 2.24) is 24.8 Å². The van der Waals surface area contributed by atoms with Crippen molar-refractivity contribution in [3.63, 3.8) is 0 Å². The standard InChI is InChI=1S/C31H47N7O3/c1-22(2)15-19-37(20-16-23(3)4)29(39)24-9-14-27-28(21-24)38(18-8-17-36(5)6)30(34-27)32-25-10-12-26(13-11-25)33-31(40)35-41-7/h9-14,21-23H,8,15-20H2,1-7H3,(H,32,34)(H2,33,35,40). The molecule has 0 saturated carbocycles. The van der Waals surface area contributed by atoms with Crippen LogP contribution in [0.1, 0.15) is 57.3 Å². The summed E-state index contributed by atoms with van der Waals surface area (Å²) in [6.45, 7) is 12.0. The Balaban J connectivity index is 1.90. The Morgan fingerprint density at radius 2 is 1.56 bits per heavy atom. The second kappa shape index (κ2) is 15.4. The molecule has 1 heterocycles. The van der Waals surface area contributed by atoms with E-state index in [9.17, 15) is 9.59 Å². The summed E-state index contributed by atoms with van der Waals surface area (Å²) in [4.78, 5) is 39.1. The third-order valence-corrected chi connectivity index (χ3v) is 6.82. The van der Waals surface area contributed by atoms with Gasteiger partial charge >= 0.3 is 6.03 Å². The quantitative estimate of drug-likeness (QED) is 0.197. The molecule has 10 nitrogen and oxygen atoms in total. The van der Waals surface area contributed by atoms with Crippen molar-refractivity contribution >= 4 is 40.3 Å². The van der Waals surface area contributed by atoms with Crippen LogP contribution in [0.4, 0.5) is 22.1 Å². The number of urea groups is 1. The SMILES string of the molecule is CONC(=O)Nc1ccc(Nc2nc3ccc(C(=O)N(CCC(C)C)CCC(C)C)cc3n2CCCN(C)C)cc1. The first-order valence-electron chi connectivity index (χ1n) is 14.5. The molecule has 0 radical (unpaired) electrons. The van der Waals surface area contributed by atoms with E-state index in [1.807, 2.05) is 35.2 Å². The van der Waals surface area contributed by atoms with E-state index >= 15 is 0 Å². The molecule has 10 heteroatoms. The summed E-state index contributed by atoms with van der Waals surface area (Å²) in [5.74, 6) is 1.85. The monoisotopic (exact) mass is 565 g/mol. The molecule has 3 aromatic rings. The van der Waals surface area contributed by atoms with E-state index in [0.29, 0.717) is 29.0 Å². The van der Waals surface area contributed by atoms with Gasteiger partial charge in [-0.3, -0.25) is 9.63 Å². The fraction of sp³-hybridized carbons (Fsp3) is 0.516. The molecular formula is C31H47N7O3. The molecule has 1 aromatic heterocycles. The zero-order chi connectivity index (χ0) is 29.9. The van der Waals surface area contributed by atoms with Crippen LogP contribution in [0.5, 0.6) is 0 Å². The van der Waals surface area contributed by atoms with Gasteiger partial charge in [0.25, 0.3) is 5.91 Å². The van der Waals surface area contributed by atoms with Crippen molar-refractivity contribution < 1.29 is 14.4 Å². The largest absolute Gasteiger partial charge is 0.343 e. The number of hydroxylamine groups is 1. The normalized spacial score (nSPS) is 11.5. The molecule has 3 N–H and O–H groups in total. The Morgan fingerprint density at radius 1 is 0.927 bits per heavy atom. The van der Waals surface area contributed by atoms with Gasteiger partial charge in [-0.25, -0.2) is 15.3 Å². The molecule has 0 aliphatic rings. The van der Waals surface area contributed by atoms with Gasteiger partial charge in [-0.05, 0) is 94.2 Å². The third-order valence-electron chi connectivity index (χ3n) is 6.82. The minimum Gasteiger partial charge on any atom is -0.339 e. The smallest absolute Gasteiger partial charge is 0.339 e. The number of nitrogens with one attached hydrogen (secondary N) is 3. The number of amides is 3. The maximum atomic E-state index is 13.7. The van der Waals surface area contributed by atoms with Gasteiger partial charge in [0.05, 0.1) is 18.1 Å². The van der Waals surface area contributed by atoms with Crippen LogP contribution in [-0.4, -0.2) is 72.1 Å². The van der Waals surface area contributed by atoms with Gasteiger partial charge in [-0.1, -0.05) is 27.7 Å². The van der Waals surface area contributed by atoms with Crippen molar-refractivity contribution in [3.8, 4) is 0 Å². The molecule has 0 unspecified atom stereocenters. The molecule has 41 heavy (non-hydrogen) atoms. The molecule has 3 amide bonds. The zero-order valence-corrected chi connectivity index (χ0v) is 25.7. The molecule has 0 spiro atoms. The molecule has 2 aromatic carbocycles. The highest BCUT2D eigenvalue weighted by Gasteiger charge is 2.19. The highest BCUT2D eigenvalue weighted by Crippen LogP contribution is 2.26. The lowest BCUT2D eigenvalue weighted by molar-refractivity contribution is 0.0741. The summed E-state index contributed by atoms with van der Waals surface area (Å²) in [5.41, 5.74) is 6.15. The van der Waals surface area contributed by atoms with Gasteiger partial charge in [0.1, 0.15) is 0 Å². The molecule has 0 aliphatic heterocycles. The topological polar surface area (TPSA) is 104 Å². The van der Waals surface area contributed by atoms with Crippen molar-refractivity contribution in [3.05, 3.63) is 48.0 Å². The number of carbonyl (C=O) groups is 2. The summed E-state index contributed by atoms with van der Waals surface area (Å²) in [6, 6.07) is 12.7. The summed E-state index contributed by atoms with van der Waals surface area (Å²) in [6.07, 6.45) is 2.89. The third kappa shape index (κ3) is 9.75. The number of nitrogens with zero attached hydrogens (tertiary/aromatic N) is 4. The number of imidazole rings is 1. The predicted octanol–water partition coefficient (Wildman–Crippen LogP) is 5.95.